The lowest BCUT2D eigenvalue weighted by Gasteiger charge is -2.10. The molecule has 2 atom stereocenters. The molecule has 0 fully saturated rings. The highest BCUT2D eigenvalue weighted by atomic mass is 16.1. The first-order valence-electron chi connectivity index (χ1n) is 9.06. The van der Waals surface area contributed by atoms with Crippen LogP contribution in [0.4, 0.5) is 0 Å². The molecule has 0 heterocycles. The third-order valence-corrected chi connectivity index (χ3v) is 3.69. The normalized spacial score (nSPS) is 11.4. The average Bonchev–Trinajstić information content (AvgIpc) is 2.68. The predicted molar refractivity (Wildman–Crippen MR) is 116 cm³/mol. The van der Waals surface area contributed by atoms with Gasteiger partial charge in [0, 0.05) is 24.2 Å². The molecule has 0 aliphatic heterocycles. The van der Waals surface area contributed by atoms with Gasteiger partial charge in [-0.2, -0.15) is 0 Å². The minimum absolute atomic E-state index is 0. The van der Waals surface area contributed by atoms with E-state index in [1.54, 1.807) is 12.1 Å². The maximum atomic E-state index is 10.0. The van der Waals surface area contributed by atoms with Gasteiger partial charge in [0.05, 0.1) is 0 Å². The van der Waals surface area contributed by atoms with E-state index in [1.807, 2.05) is 31.2 Å². The monoisotopic (exact) mass is 358 g/mol. The van der Waals surface area contributed by atoms with Gasteiger partial charge in [0.25, 0.3) is 0 Å². The van der Waals surface area contributed by atoms with Crippen LogP contribution in [0.3, 0.4) is 0 Å². The van der Waals surface area contributed by atoms with Gasteiger partial charge in [-0.15, -0.1) is 0 Å². The molecule has 3 N–H and O–H groups in total. The first kappa shape index (κ1) is 26.3. The van der Waals surface area contributed by atoms with E-state index in [1.165, 1.54) is 12.0 Å². The summed E-state index contributed by atoms with van der Waals surface area (Å²) in [6.07, 6.45) is 3.10. The Morgan fingerprint density at radius 3 is 1.73 bits per heavy atom. The van der Waals surface area contributed by atoms with Gasteiger partial charge in [0.1, 0.15) is 6.29 Å². The second-order valence-electron chi connectivity index (χ2n) is 6.09. The van der Waals surface area contributed by atoms with E-state index in [2.05, 4.69) is 50.4 Å². The Morgan fingerprint density at radius 2 is 1.38 bits per heavy atom. The van der Waals surface area contributed by atoms with Crippen LogP contribution >= 0.6 is 0 Å². The number of nitrogens with two attached hydrogens (primary N) is 1. The molecule has 2 aromatic carbocycles. The highest BCUT2D eigenvalue weighted by Crippen LogP contribution is 1.98. The molecule has 0 radical (unpaired) electrons. The van der Waals surface area contributed by atoms with Gasteiger partial charge in [-0.25, -0.2) is 0 Å². The summed E-state index contributed by atoms with van der Waals surface area (Å²) >= 11 is 0. The van der Waals surface area contributed by atoms with Crippen molar-refractivity contribution in [2.75, 3.05) is 0 Å². The van der Waals surface area contributed by atoms with Gasteiger partial charge < -0.3 is 11.1 Å². The lowest BCUT2D eigenvalue weighted by atomic mass is 10.2. The van der Waals surface area contributed by atoms with Crippen LogP contribution in [0.5, 0.6) is 0 Å². The zero-order chi connectivity index (χ0) is 18.9. The standard InChI is InChI=1S/C11H17N.C7H6O.C4H11N.CH4/c1-3-10(2)12-9-11-7-5-4-6-8-11;8-6-7-4-2-1-3-5-7;1-3-4(2)5;/h4-8,10,12H,3,9H2,1-2H3;1-6H;4H,3,5H2,1-2H3;1H4/t10-;;4-;/m0.0./s1. The molecule has 0 aliphatic rings. The predicted octanol–water partition coefficient (Wildman–Crippen LogP) is 5.45. The number of aldehydes is 1. The van der Waals surface area contributed by atoms with Crippen molar-refractivity contribution in [1.29, 1.82) is 0 Å². The summed E-state index contributed by atoms with van der Waals surface area (Å²) in [5.74, 6) is 0. The SMILES string of the molecule is C.CC[C@H](C)N.CC[C@H](C)NCc1ccccc1.O=Cc1ccccc1. The van der Waals surface area contributed by atoms with Crippen LogP contribution in [-0.4, -0.2) is 18.4 Å². The zero-order valence-corrected chi connectivity index (χ0v) is 16.1. The van der Waals surface area contributed by atoms with E-state index in [4.69, 9.17) is 5.73 Å². The van der Waals surface area contributed by atoms with Gasteiger partial charge in [-0.05, 0) is 32.3 Å². The van der Waals surface area contributed by atoms with Crippen molar-refractivity contribution >= 4 is 6.29 Å². The molecule has 3 nitrogen and oxygen atoms in total. The van der Waals surface area contributed by atoms with E-state index in [9.17, 15) is 4.79 Å². The van der Waals surface area contributed by atoms with E-state index in [-0.39, 0.29) is 7.43 Å². The van der Waals surface area contributed by atoms with E-state index < -0.39 is 0 Å². The van der Waals surface area contributed by atoms with Crippen LogP contribution < -0.4 is 11.1 Å². The second kappa shape index (κ2) is 17.8. The molecule has 0 saturated carbocycles. The highest BCUT2D eigenvalue weighted by molar-refractivity contribution is 5.74. The topological polar surface area (TPSA) is 55.1 Å². The number of carbonyl (C=O) groups excluding carboxylic acids is 1. The Morgan fingerprint density at radius 1 is 0.923 bits per heavy atom. The molecule has 0 saturated heterocycles. The molecule has 26 heavy (non-hydrogen) atoms. The maximum absolute atomic E-state index is 10.0. The smallest absolute Gasteiger partial charge is 0.150 e. The molecule has 3 heteroatoms. The van der Waals surface area contributed by atoms with Gasteiger partial charge >= 0.3 is 0 Å². The maximum Gasteiger partial charge on any atom is 0.150 e. The van der Waals surface area contributed by atoms with Crippen molar-refractivity contribution in [3.05, 3.63) is 71.8 Å². The molecule has 2 rings (SSSR count). The summed E-state index contributed by atoms with van der Waals surface area (Å²) in [7, 11) is 0. The quantitative estimate of drug-likeness (QED) is 0.675. The Kier molecular flexibility index (Phi) is 18.0. The van der Waals surface area contributed by atoms with E-state index in [0.717, 1.165) is 24.8 Å². The van der Waals surface area contributed by atoms with Crippen LogP contribution in [0.2, 0.25) is 0 Å². The van der Waals surface area contributed by atoms with Crippen molar-refractivity contribution < 1.29 is 4.79 Å². The first-order chi connectivity index (χ1) is 12.0. The van der Waals surface area contributed by atoms with Crippen LogP contribution in [0.1, 0.15) is 63.9 Å². The van der Waals surface area contributed by atoms with Gasteiger partial charge in [0.15, 0.2) is 0 Å². The lowest BCUT2D eigenvalue weighted by Crippen LogP contribution is -2.24. The third-order valence-electron chi connectivity index (χ3n) is 3.69. The number of rotatable bonds is 6. The number of hydrogen-bond donors (Lipinski definition) is 2. The molecule has 2 aromatic rings. The fourth-order valence-corrected chi connectivity index (χ4v) is 1.56. The number of hydrogen-bond acceptors (Lipinski definition) is 3. The fraction of sp³-hybridized carbons (Fsp3) is 0.435. The molecule has 0 aliphatic carbocycles. The highest BCUT2D eigenvalue weighted by Gasteiger charge is 1.96. The second-order valence-corrected chi connectivity index (χ2v) is 6.09. The summed E-state index contributed by atoms with van der Waals surface area (Å²) in [5.41, 5.74) is 7.38. The molecule has 146 valence electrons. The summed E-state index contributed by atoms with van der Waals surface area (Å²) < 4.78 is 0. The van der Waals surface area contributed by atoms with Crippen molar-refractivity contribution in [2.24, 2.45) is 5.73 Å². The van der Waals surface area contributed by atoms with Crippen LogP contribution in [0, 0.1) is 0 Å². The van der Waals surface area contributed by atoms with Crippen molar-refractivity contribution in [2.45, 2.75) is 66.6 Å². The summed E-state index contributed by atoms with van der Waals surface area (Å²) in [6, 6.07) is 20.6. The minimum atomic E-state index is 0. The van der Waals surface area contributed by atoms with Gasteiger partial charge in [0.2, 0.25) is 0 Å². The summed E-state index contributed by atoms with van der Waals surface area (Å²) in [5, 5.41) is 3.45. The molecule has 0 aromatic heterocycles. The van der Waals surface area contributed by atoms with E-state index in [0.29, 0.717) is 12.1 Å². The van der Waals surface area contributed by atoms with Gasteiger partial charge in [-0.1, -0.05) is 81.9 Å². The molecular formula is C23H38N2O. The number of carbonyl (C=O) groups is 1. The van der Waals surface area contributed by atoms with Crippen LogP contribution in [-0.2, 0) is 6.54 Å². The Labute approximate surface area is 161 Å². The molecule has 0 amide bonds. The van der Waals surface area contributed by atoms with E-state index >= 15 is 0 Å². The average molecular weight is 359 g/mol. The Hall–Kier alpha value is -1.97. The number of benzene rings is 2. The first-order valence-corrected chi connectivity index (χ1v) is 9.06. The Balaban J connectivity index is 0. The lowest BCUT2D eigenvalue weighted by molar-refractivity contribution is 0.112. The van der Waals surface area contributed by atoms with Crippen molar-refractivity contribution in [1.82, 2.24) is 5.32 Å². The molecule has 0 bridgehead atoms. The summed E-state index contributed by atoms with van der Waals surface area (Å²) in [6.45, 7) is 9.46. The molecular weight excluding hydrogens is 320 g/mol. The molecule has 0 unspecified atom stereocenters. The van der Waals surface area contributed by atoms with Gasteiger partial charge in [-0.3, -0.25) is 4.79 Å². The fourth-order valence-electron chi connectivity index (χ4n) is 1.56. The number of nitrogens with one attached hydrogen (secondary N) is 1. The Bertz CT molecular complexity index is 526. The largest absolute Gasteiger partial charge is 0.328 e. The third kappa shape index (κ3) is 15.6. The minimum Gasteiger partial charge on any atom is -0.328 e. The van der Waals surface area contributed by atoms with Crippen molar-refractivity contribution in [3.8, 4) is 0 Å². The zero-order valence-electron chi connectivity index (χ0n) is 16.1. The van der Waals surface area contributed by atoms with Crippen LogP contribution in [0.25, 0.3) is 0 Å². The van der Waals surface area contributed by atoms with Crippen LogP contribution in [0.15, 0.2) is 60.7 Å². The molecule has 0 spiro atoms. The summed E-state index contributed by atoms with van der Waals surface area (Å²) in [4.78, 5) is 10.0. The van der Waals surface area contributed by atoms with Crippen molar-refractivity contribution in [3.63, 3.8) is 0 Å².